The SMILES string of the molecule is O=C(O)Oc1ccccc1-c1ccc(Cn2c(Cl)nc3ccccc32)cc1. The first-order chi connectivity index (χ1) is 13.1. The van der Waals surface area contributed by atoms with E-state index < -0.39 is 6.16 Å². The Hall–Kier alpha value is -3.31. The summed E-state index contributed by atoms with van der Waals surface area (Å²) in [5, 5.41) is 9.34. The molecule has 27 heavy (non-hydrogen) atoms. The zero-order valence-electron chi connectivity index (χ0n) is 14.2. The van der Waals surface area contributed by atoms with Crippen LogP contribution in [-0.4, -0.2) is 20.8 Å². The molecule has 0 aliphatic carbocycles. The summed E-state index contributed by atoms with van der Waals surface area (Å²) in [5.41, 5.74) is 4.49. The van der Waals surface area contributed by atoms with Crippen molar-refractivity contribution in [3.8, 4) is 16.9 Å². The number of carboxylic acid groups (broad SMARTS) is 1. The van der Waals surface area contributed by atoms with E-state index >= 15 is 0 Å². The van der Waals surface area contributed by atoms with E-state index in [2.05, 4.69) is 4.98 Å². The Morgan fingerprint density at radius 1 is 1.00 bits per heavy atom. The summed E-state index contributed by atoms with van der Waals surface area (Å²) < 4.78 is 6.82. The van der Waals surface area contributed by atoms with Crippen LogP contribution in [-0.2, 0) is 6.54 Å². The molecule has 1 aromatic heterocycles. The number of benzene rings is 3. The molecule has 0 fully saturated rings. The number of fused-ring (bicyclic) bond motifs is 1. The number of nitrogens with zero attached hydrogens (tertiary/aromatic N) is 2. The topological polar surface area (TPSA) is 64.3 Å². The number of para-hydroxylation sites is 3. The second-order valence-corrected chi connectivity index (χ2v) is 6.35. The maximum absolute atomic E-state index is 10.9. The van der Waals surface area contributed by atoms with E-state index in [9.17, 15) is 4.79 Å². The van der Waals surface area contributed by atoms with E-state index in [0.717, 1.165) is 27.7 Å². The Bertz CT molecular complexity index is 1120. The van der Waals surface area contributed by atoms with Gasteiger partial charge in [-0.05, 0) is 40.9 Å². The molecule has 5 nitrogen and oxygen atoms in total. The normalized spacial score (nSPS) is 10.9. The summed E-state index contributed by atoms with van der Waals surface area (Å²) in [6, 6.07) is 22.7. The number of aromatic nitrogens is 2. The van der Waals surface area contributed by atoms with E-state index in [1.165, 1.54) is 0 Å². The fourth-order valence-electron chi connectivity index (χ4n) is 3.06. The summed E-state index contributed by atoms with van der Waals surface area (Å²) in [7, 11) is 0. The van der Waals surface area contributed by atoms with E-state index in [1.807, 2.05) is 65.2 Å². The third kappa shape index (κ3) is 3.50. The van der Waals surface area contributed by atoms with Crippen LogP contribution in [0, 0.1) is 0 Å². The molecule has 4 aromatic rings. The van der Waals surface area contributed by atoms with Crippen molar-refractivity contribution in [2.75, 3.05) is 0 Å². The van der Waals surface area contributed by atoms with Crippen LogP contribution in [0.25, 0.3) is 22.2 Å². The minimum atomic E-state index is -1.33. The predicted octanol–water partition coefficient (Wildman–Crippen LogP) is 5.46. The van der Waals surface area contributed by atoms with Crippen molar-refractivity contribution in [2.45, 2.75) is 6.54 Å². The molecule has 0 aliphatic heterocycles. The van der Waals surface area contributed by atoms with Gasteiger partial charge in [0.05, 0.1) is 17.6 Å². The standard InChI is InChI=1S/C21H15ClN2O3/c22-20-23-17-6-2-3-7-18(17)24(20)13-14-9-11-15(12-10-14)16-5-1-4-8-19(16)27-21(25)26/h1-12H,13H2,(H,25,26). The average Bonchev–Trinajstić information content (AvgIpc) is 2.98. The summed E-state index contributed by atoms with van der Waals surface area (Å²) in [4.78, 5) is 15.2. The minimum Gasteiger partial charge on any atom is -0.449 e. The lowest BCUT2D eigenvalue weighted by Gasteiger charge is -2.10. The van der Waals surface area contributed by atoms with Gasteiger partial charge in [-0.3, -0.25) is 0 Å². The smallest absolute Gasteiger partial charge is 0.449 e. The second kappa shape index (κ2) is 7.13. The first-order valence-electron chi connectivity index (χ1n) is 8.32. The maximum atomic E-state index is 10.9. The summed E-state index contributed by atoms with van der Waals surface area (Å²) in [5.74, 6) is 0.307. The van der Waals surface area contributed by atoms with Gasteiger partial charge in [-0.1, -0.05) is 54.6 Å². The Labute approximate surface area is 160 Å². The molecule has 0 saturated heterocycles. The van der Waals surface area contributed by atoms with Gasteiger partial charge in [0, 0.05) is 5.56 Å². The van der Waals surface area contributed by atoms with Crippen LogP contribution in [0.3, 0.4) is 0 Å². The highest BCUT2D eigenvalue weighted by molar-refractivity contribution is 6.29. The lowest BCUT2D eigenvalue weighted by molar-refractivity contribution is 0.144. The summed E-state index contributed by atoms with van der Waals surface area (Å²) >= 11 is 6.29. The zero-order chi connectivity index (χ0) is 18.8. The molecule has 1 heterocycles. The van der Waals surface area contributed by atoms with Crippen LogP contribution in [0.4, 0.5) is 4.79 Å². The molecule has 0 aliphatic rings. The molecule has 0 bridgehead atoms. The van der Waals surface area contributed by atoms with Gasteiger partial charge in [0.25, 0.3) is 0 Å². The van der Waals surface area contributed by atoms with Gasteiger partial charge < -0.3 is 14.4 Å². The van der Waals surface area contributed by atoms with Crippen molar-refractivity contribution in [3.63, 3.8) is 0 Å². The third-order valence-corrected chi connectivity index (χ3v) is 4.59. The monoisotopic (exact) mass is 378 g/mol. The van der Waals surface area contributed by atoms with Crippen molar-refractivity contribution in [1.29, 1.82) is 0 Å². The van der Waals surface area contributed by atoms with Crippen molar-refractivity contribution in [2.24, 2.45) is 0 Å². The van der Waals surface area contributed by atoms with Crippen molar-refractivity contribution in [3.05, 3.63) is 83.6 Å². The number of hydrogen-bond acceptors (Lipinski definition) is 3. The van der Waals surface area contributed by atoms with E-state index in [-0.39, 0.29) is 0 Å². The van der Waals surface area contributed by atoms with E-state index in [1.54, 1.807) is 12.1 Å². The molecular weight excluding hydrogens is 364 g/mol. The van der Waals surface area contributed by atoms with Crippen molar-refractivity contribution in [1.82, 2.24) is 9.55 Å². The highest BCUT2D eigenvalue weighted by Crippen LogP contribution is 2.30. The Balaban J connectivity index is 1.63. The second-order valence-electron chi connectivity index (χ2n) is 6.02. The maximum Gasteiger partial charge on any atom is 0.511 e. The molecule has 0 saturated carbocycles. The van der Waals surface area contributed by atoms with Gasteiger partial charge in [-0.15, -0.1) is 0 Å². The molecule has 3 aromatic carbocycles. The molecule has 0 spiro atoms. The summed E-state index contributed by atoms with van der Waals surface area (Å²) in [6.45, 7) is 0.590. The van der Waals surface area contributed by atoms with Crippen LogP contribution in [0.1, 0.15) is 5.56 Å². The fraction of sp³-hybridized carbons (Fsp3) is 0.0476. The molecule has 0 unspecified atom stereocenters. The molecule has 0 atom stereocenters. The first kappa shape index (κ1) is 17.1. The summed E-state index contributed by atoms with van der Waals surface area (Å²) in [6.07, 6.45) is -1.33. The number of halogens is 1. The Morgan fingerprint density at radius 3 is 2.48 bits per heavy atom. The van der Waals surface area contributed by atoms with Gasteiger partial charge in [0.1, 0.15) is 5.75 Å². The predicted molar refractivity (Wildman–Crippen MR) is 104 cm³/mol. The molecule has 0 radical (unpaired) electrons. The van der Waals surface area contributed by atoms with Crippen LogP contribution in [0.5, 0.6) is 5.75 Å². The molecule has 4 rings (SSSR count). The molecule has 6 heteroatoms. The van der Waals surface area contributed by atoms with Crippen LogP contribution in [0.2, 0.25) is 5.28 Å². The number of hydrogen-bond donors (Lipinski definition) is 1. The van der Waals surface area contributed by atoms with E-state index in [4.69, 9.17) is 21.4 Å². The van der Waals surface area contributed by atoms with Crippen molar-refractivity contribution < 1.29 is 14.6 Å². The zero-order valence-corrected chi connectivity index (χ0v) is 14.9. The number of rotatable bonds is 4. The largest absolute Gasteiger partial charge is 0.511 e. The third-order valence-electron chi connectivity index (χ3n) is 4.30. The van der Waals surface area contributed by atoms with Gasteiger partial charge in [0.15, 0.2) is 0 Å². The number of carbonyl (C=O) groups is 1. The molecular formula is C21H15ClN2O3. The molecule has 0 amide bonds. The van der Waals surface area contributed by atoms with E-state index in [0.29, 0.717) is 17.6 Å². The minimum absolute atomic E-state index is 0.307. The highest BCUT2D eigenvalue weighted by atomic mass is 35.5. The van der Waals surface area contributed by atoms with Crippen LogP contribution >= 0.6 is 11.6 Å². The first-order valence-corrected chi connectivity index (χ1v) is 8.69. The lowest BCUT2D eigenvalue weighted by Crippen LogP contribution is -2.04. The quantitative estimate of drug-likeness (QED) is 0.378. The highest BCUT2D eigenvalue weighted by Gasteiger charge is 2.11. The number of ether oxygens (including phenoxy) is 1. The Morgan fingerprint density at radius 2 is 1.70 bits per heavy atom. The van der Waals surface area contributed by atoms with Gasteiger partial charge in [-0.25, -0.2) is 9.78 Å². The molecule has 1 N–H and O–H groups in total. The molecule has 134 valence electrons. The van der Waals surface area contributed by atoms with Gasteiger partial charge in [0.2, 0.25) is 5.28 Å². The van der Waals surface area contributed by atoms with Crippen LogP contribution < -0.4 is 4.74 Å². The van der Waals surface area contributed by atoms with Crippen LogP contribution in [0.15, 0.2) is 72.8 Å². The Kier molecular flexibility index (Phi) is 4.52. The van der Waals surface area contributed by atoms with Gasteiger partial charge in [-0.2, -0.15) is 0 Å². The average molecular weight is 379 g/mol. The lowest BCUT2D eigenvalue weighted by atomic mass is 10.0. The van der Waals surface area contributed by atoms with Crippen molar-refractivity contribution >= 4 is 28.8 Å². The van der Waals surface area contributed by atoms with Gasteiger partial charge >= 0.3 is 6.16 Å². The number of imidazole rings is 1. The fourth-order valence-corrected chi connectivity index (χ4v) is 3.30.